The number of anilines is 1. The zero-order valence-electron chi connectivity index (χ0n) is 10.9. The van der Waals surface area contributed by atoms with Gasteiger partial charge in [-0.2, -0.15) is 13.2 Å². The normalized spacial score (nSPS) is 21.4. The van der Waals surface area contributed by atoms with Crippen LogP contribution in [-0.2, 0) is 6.18 Å². The molecule has 0 heterocycles. The fourth-order valence-corrected chi connectivity index (χ4v) is 2.16. The van der Waals surface area contributed by atoms with E-state index >= 15 is 0 Å². The number of rotatable bonds is 4. The Morgan fingerprint density at radius 2 is 2.15 bits per heavy atom. The maximum Gasteiger partial charge on any atom is 0.416 e. The minimum Gasteiger partial charge on any atom is -0.349 e. The second-order valence-electron chi connectivity index (χ2n) is 4.89. The van der Waals surface area contributed by atoms with Crippen LogP contribution in [0.2, 0.25) is 0 Å². The van der Waals surface area contributed by atoms with E-state index in [4.69, 9.17) is 5.84 Å². The molecule has 1 fully saturated rings. The molecule has 2 atom stereocenters. The number of nitrogens with one attached hydrogen (secondary N) is 2. The minimum atomic E-state index is -4.49. The number of nitrogen functional groups attached to an aromatic ring is 1. The van der Waals surface area contributed by atoms with Crippen molar-refractivity contribution in [3.05, 3.63) is 29.3 Å². The summed E-state index contributed by atoms with van der Waals surface area (Å²) in [6, 6.07) is 2.90. The van der Waals surface area contributed by atoms with Crippen molar-refractivity contribution in [1.82, 2.24) is 5.32 Å². The number of amides is 1. The topological polar surface area (TPSA) is 67.2 Å². The Morgan fingerprint density at radius 1 is 1.45 bits per heavy atom. The lowest BCUT2D eigenvalue weighted by atomic mass is 10.1. The van der Waals surface area contributed by atoms with Crippen LogP contribution in [0.4, 0.5) is 18.9 Å². The van der Waals surface area contributed by atoms with Crippen LogP contribution in [0.5, 0.6) is 0 Å². The van der Waals surface area contributed by atoms with Crippen LogP contribution in [0.3, 0.4) is 0 Å². The van der Waals surface area contributed by atoms with Crippen LogP contribution in [0, 0.1) is 5.92 Å². The van der Waals surface area contributed by atoms with Crippen LogP contribution in [0.15, 0.2) is 18.2 Å². The van der Waals surface area contributed by atoms with Crippen LogP contribution < -0.4 is 16.6 Å². The zero-order chi connectivity index (χ0) is 14.9. The first-order chi connectivity index (χ1) is 9.36. The molecule has 2 unspecified atom stereocenters. The van der Waals surface area contributed by atoms with E-state index in [1.165, 1.54) is 0 Å². The molecular weight excluding hydrogens is 271 g/mol. The fraction of sp³-hybridized carbons (Fsp3) is 0.462. The molecule has 0 aromatic heterocycles. The lowest BCUT2D eigenvalue weighted by molar-refractivity contribution is -0.137. The smallest absolute Gasteiger partial charge is 0.349 e. The molecule has 1 aromatic carbocycles. The number of hydrazine groups is 1. The van der Waals surface area contributed by atoms with Gasteiger partial charge in [-0.1, -0.05) is 13.3 Å². The van der Waals surface area contributed by atoms with Gasteiger partial charge in [0.2, 0.25) is 0 Å². The first-order valence-corrected chi connectivity index (χ1v) is 6.35. The van der Waals surface area contributed by atoms with E-state index in [0.29, 0.717) is 5.92 Å². The summed E-state index contributed by atoms with van der Waals surface area (Å²) in [5.74, 6) is 5.11. The Morgan fingerprint density at radius 3 is 2.65 bits per heavy atom. The number of carbonyl (C=O) groups is 1. The predicted molar refractivity (Wildman–Crippen MR) is 68.9 cm³/mol. The van der Waals surface area contributed by atoms with E-state index in [1.807, 2.05) is 6.92 Å². The van der Waals surface area contributed by atoms with Gasteiger partial charge in [0.25, 0.3) is 5.91 Å². The molecular formula is C13H16F3N3O. The number of hydrogen-bond acceptors (Lipinski definition) is 3. The van der Waals surface area contributed by atoms with Crippen LogP contribution in [0.25, 0.3) is 0 Å². The molecule has 110 valence electrons. The standard InChI is InChI=1S/C13H16F3N3O/c1-2-7-5-11(7)18-12(20)9-6-8(13(14,15)16)3-4-10(9)19-17/h3-4,6-7,11,19H,2,5,17H2,1H3,(H,18,20). The average Bonchev–Trinajstić information content (AvgIpc) is 3.15. The van der Waals surface area contributed by atoms with E-state index < -0.39 is 17.6 Å². The summed E-state index contributed by atoms with van der Waals surface area (Å²) >= 11 is 0. The summed E-state index contributed by atoms with van der Waals surface area (Å²) in [5.41, 5.74) is 1.45. The molecule has 20 heavy (non-hydrogen) atoms. The lowest BCUT2D eigenvalue weighted by Gasteiger charge is -2.13. The Hall–Kier alpha value is -1.76. The molecule has 0 spiro atoms. The van der Waals surface area contributed by atoms with Crippen molar-refractivity contribution in [1.29, 1.82) is 0 Å². The van der Waals surface area contributed by atoms with Gasteiger partial charge in [0, 0.05) is 6.04 Å². The molecule has 1 aromatic rings. The highest BCUT2D eigenvalue weighted by Gasteiger charge is 2.37. The van der Waals surface area contributed by atoms with Gasteiger partial charge < -0.3 is 10.7 Å². The van der Waals surface area contributed by atoms with E-state index in [0.717, 1.165) is 31.0 Å². The van der Waals surface area contributed by atoms with Crippen LogP contribution in [0.1, 0.15) is 35.7 Å². The van der Waals surface area contributed by atoms with Crippen molar-refractivity contribution in [2.45, 2.75) is 32.0 Å². The second kappa shape index (κ2) is 5.32. The molecule has 7 heteroatoms. The Balaban J connectivity index is 2.22. The highest BCUT2D eigenvalue weighted by atomic mass is 19.4. The number of halogens is 3. The quantitative estimate of drug-likeness (QED) is 0.589. The van der Waals surface area contributed by atoms with E-state index in [9.17, 15) is 18.0 Å². The third-order valence-electron chi connectivity index (χ3n) is 3.51. The summed E-state index contributed by atoms with van der Waals surface area (Å²) in [5, 5.41) is 2.72. The van der Waals surface area contributed by atoms with Crippen molar-refractivity contribution >= 4 is 11.6 Å². The molecule has 4 N–H and O–H groups in total. The van der Waals surface area contributed by atoms with Gasteiger partial charge in [0.1, 0.15) is 0 Å². The van der Waals surface area contributed by atoms with Crippen molar-refractivity contribution in [2.24, 2.45) is 11.8 Å². The highest BCUT2D eigenvalue weighted by Crippen LogP contribution is 2.35. The van der Waals surface area contributed by atoms with Gasteiger partial charge in [-0.15, -0.1) is 0 Å². The van der Waals surface area contributed by atoms with Gasteiger partial charge in [-0.3, -0.25) is 10.6 Å². The van der Waals surface area contributed by atoms with Crippen LogP contribution >= 0.6 is 0 Å². The minimum absolute atomic E-state index is 0.0488. The molecule has 1 saturated carbocycles. The highest BCUT2D eigenvalue weighted by molar-refractivity contribution is 6.00. The van der Waals surface area contributed by atoms with E-state index in [-0.39, 0.29) is 17.3 Å². The molecule has 0 saturated heterocycles. The molecule has 2 rings (SSSR count). The molecule has 4 nitrogen and oxygen atoms in total. The number of alkyl halides is 3. The Kier molecular flexibility index (Phi) is 3.89. The summed E-state index contributed by atoms with van der Waals surface area (Å²) in [4.78, 5) is 12.0. The van der Waals surface area contributed by atoms with E-state index in [1.54, 1.807) is 0 Å². The third kappa shape index (κ3) is 3.04. The molecule has 0 bridgehead atoms. The number of carbonyl (C=O) groups excluding carboxylic acids is 1. The van der Waals surface area contributed by atoms with Gasteiger partial charge >= 0.3 is 6.18 Å². The summed E-state index contributed by atoms with van der Waals surface area (Å²) in [6.07, 6.45) is -2.68. The van der Waals surface area contributed by atoms with Crippen molar-refractivity contribution in [3.8, 4) is 0 Å². The predicted octanol–water partition coefficient (Wildman–Crippen LogP) is 2.52. The average molecular weight is 287 g/mol. The lowest BCUT2D eigenvalue weighted by Crippen LogP contribution is -2.28. The second-order valence-corrected chi connectivity index (χ2v) is 4.89. The largest absolute Gasteiger partial charge is 0.416 e. The fourth-order valence-electron chi connectivity index (χ4n) is 2.16. The van der Waals surface area contributed by atoms with Crippen LogP contribution in [-0.4, -0.2) is 11.9 Å². The first kappa shape index (κ1) is 14.6. The van der Waals surface area contributed by atoms with Crippen molar-refractivity contribution in [2.75, 3.05) is 5.43 Å². The molecule has 0 aliphatic heterocycles. The number of nitrogens with two attached hydrogens (primary N) is 1. The maximum atomic E-state index is 12.7. The van der Waals surface area contributed by atoms with Gasteiger partial charge in [-0.25, -0.2) is 0 Å². The van der Waals surface area contributed by atoms with Crippen molar-refractivity contribution in [3.63, 3.8) is 0 Å². The molecule has 1 aliphatic rings. The SMILES string of the molecule is CCC1CC1NC(=O)c1cc(C(F)(F)F)ccc1NN. The Bertz CT molecular complexity index is 516. The van der Waals surface area contributed by atoms with Gasteiger partial charge in [-0.05, 0) is 30.5 Å². The van der Waals surface area contributed by atoms with Crippen molar-refractivity contribution < 1.29 is 18.0 Å². The summed E-state index contributed by atoms with van der Waals surface area (Å²) in [6.45, 7) is 2.01. The molecule has 1 amide bonds. The first-order valence-electron chi connectivity index (χ1n) is 6.35. The number of benzene rings is 1. The number of hydrogen-bond donors (Lipinski definition) is 3. The zero-order valence-corrected chi connectivity index (χ0v) is 10.9. The van der Waals surface area contributed by atoms with Gasteiger partial charge in [0.05, 0.1) is 16.8 Å². The maximum absolute atomic E-state index is 12.7. The molecule has 1 aliphatic carbocycles. The Labute approximate surface area is 114 Å². The monoisotopic (exact) mass is 287 g/mol. The summed E-state index contributed by atoms with van der Waals surface area (Å²) < 4.78 is 38.0. The van der Waals surface area contributed by atoms with E-state index in [2.05, 4.69) is 10.7 Å². The van der Waals surface area contributed by atoms with Gasteiger partial charge in [0.15, 0.2) is 0 Å². The third-order valence-corrected chi connectivity index (χ3v) is 3.51. The molecule has 0 radical (unpaired) electrons. The summed E-state index contributed by atoms with van der Waals surface area (Å²) in [7, 11) is 0.